The second kappa shape index (κ2) is 9.62. The van der Waals surface area contributed by atoms with E-state index in [0.717, 1.165) is 48.1 Å². The summed E-state index contributed by atoms with van der Waals surface area (Å²) in [5, 5.41) is 6.96. The molecule has 9 nitrogen and oxygen atoms in total. The standard InChI is InChI=1S/C24H24N6O3S/c31-23(26-17-6-2-1-3-7-17)21-14-16-15-25-24(28-22(16)30(21)20-8-4-5-9-20)27-18-10-12-19(13-11-18)29-34(32)33/h1-3,6-7,10-15,20,29H,4-5,8-9H2,(H,26,31)(H,32,33)(H,25,27,28). The van der Waals surface area contributed by atoms with Gasteiger partial charge in [-0.05, 0) is 55.3 Å². The van der Waals surface area contributed by atoms with Crippen molar-refractivity contribution in [1.29, 1.82) is 0 Å². The van der Waals surface area contributed by atoms with E-state index in [4.69, 9.17) is 9.54 Å². The van der Waals surface area contributed by atoms with Crippen LogP contribution in [0.1, 0.15) is 42.2 Å². The number of anilines is 4. The number of para-hydroxylation sites is 1. The minimum atomic E-state index is -2.13. The number of carbonyl (C=O) groups is 1. The smallest absolute Gasteiger partial charge is 0.272 e. The van der Waals surface area contributed by atoms with Crippen molar-refractivity contribution < 1.29 is 13.6 Å². The van der Waals surface area contributed by atoms with Gasteiger partial charge in [-0.25, -0.2) is 9.19 Å². The van der Waals surface area contributed by atoms with E-state index in [-0.39, 0.29) is 11.9 Å². The summed E-state index contributed by atoms with van der Waals surface area (Å²) in [6, 6.07) is 18.4. The number of benzene rings is 2. The third-order valence-corrected chi connectivity index (χ3v) is 6.29. The molecule has 2 aromatic carbocycles. The van der Waals surface area contributed by atoms with Crippen LogP contribution in [-0.4, -0.2) is 29.2 Å². The lowest BCUT2D eigenvalue weighted by Crippen LogP contribution is -2.19. The highest BCUT2D eigenvalue weighted by Crippen LogP contribution is 2.35. The number of nitrogens with one attached hydrogen (secondary N) is 3. The number of fused-ring (bicyclic) bond motifs is 1. The van der Waals surface area contributed by atoms with Crippen LogP contribution in [-0.2, 0) is 11.3 Å². The van der Waals surface area contributed by atoms with Gasteiger partial charge in [0.1, 0.15) is 11.3 Å². The van der Waals surface area contributed by atoms with Gasteiger partial charge in [0, 0.05) is 34.7 Å². The van der Waals surface area contributed by atoms with Crippen LogP contribution in [0.4, 0.5) is 23.0 Å². The second-order valence-electron chi connectivity index (χ2n) is 8.18. The lowest BCUT2D eigenvalue weighted by molar-refractivity contribution is 0.101. The number of rotatable bonds is 7. The molecule has 1 aliphatic carbocycles. The number of amides is 1. The largest absolute Gasteiger partial charge is 0.324 e. The monoisotopic (exact) mass is 476 g/mol. The summed E-state index contributed by atoms with van der Waals surface area (Å²) in [5.74, 6) is 0.237. The predicted molar refractivity (Wildman–Crippen MR) is 134 cm³/mol. The molecule has 1 unspecified atom stereocenters. The SMILES string of the molecule is O=C(Nc1ccccc1)c1cc2cnc(Nc3ccc(NS(=O)O)cc3)nc2n1C1CCCC1. The molecule has 0 spiro atoms. The maximum Gasteiger partial charge on any atom is 0.272 e. The Labute approximate surface area is 199 Å². The number of hydrogen-bond acceptors (Lipinski definition) is 5. The Balaban J connectivity index is 1.46. The summed E-state index contributed by atoms with van der Waals surface area (Å²) in [5.41, 5.74) is 3.29. The van der Waals surface area contributed by atoms with Gasteiger partial charge in [0.25, 0.3) is 17.2 Å². The van der Waals surface area contributed by atoms with Crippen molar-refractivity contribution in [1.82, 2.24) is 14.5 Å². The number of hydrogen-bond donors (Lipinski definition) is 4. The van der Waals surface area contributed by atoms with Gasteiger partial charge in [-0.2, -0.15) is 4.98 Å². The lowest BCUT2D eigenvalue weighted by Gasteiger charge is -2.17. The van der Waals surface area contributed by atoms with E-state index in [0.29, 0.717) is 17.3 Å². The summed E-state index contributed by atoms with van der Waals surface area (Å²) in [6.45, 7) is 0. The molecule has 174 valence electrons. The van der Waals surface area contributed by atoms with E-state index < -0.39 is 11.3 Å². The predicted octanol–water partition coefficient (Wildman–Crippen LogP) is 5.09. The highest BCUT2D eigenvalue weighted by Gasteiger charge is 2.26. The van der Waals surface area contributed by atoms with Gasteiger partial charge in [-0.1, -0.05) is 31.0 Å². The lowest BCUT2D eigenvalue weighted by atomic mass is 10.2. The number of carbonyl (C=O) groups excluding carboxylic acids is 1. The zero-order valence-electron chi connectivity index (χ0n) is 18.3. The molecule has 5 rings (SSSR count). The molecule has 4 N–H and O–H groups in total. The maximum atomic E-state index is 13.2. The Hall–Kier alpha value is -3.76. The number of aromatic nitrogens is 3. The molecule has 34 heavy (non-hydrogen) atoms. The Morgan fingerprint density at radius 2 is 1.71 bits per heavy atom. The van der Waals surface area contributed by atoms with Gasteiger partial charge >= 0.3 is 0 Å². The zero-order valence-corrected chi connectivity index (χ0v) is 19.1. The van der Waals surface area contributed by atoms with Crippen LogP contribution in [0, 0.1) is 0 Å². The van der Waals surface area contributed by atoms with Gasteiger partial charge in [0.05, 0.1) is 0 Å². The Bertz CT molecular complexity index is 1330. The van der Waals surface area contributed by atoms with E-state index in [1.54, 1.807) is 30.5 Å². The third-order valence-electron chi connectivity index (χ3n) is 5.88. The van der Waals surface area contributed by atoms with Gasteiger partial charge < -0.3 is 15.2 Å². The fraction of sp³-hybridized carbons (Fsp3) is 0.208. The molecule has 1 aliphatic rings. The Kier molecular flexibility index (Phi) is 6.24. The fourth-order valence-electron chi connectivity index (χ4n) is 4.34. The van der Waals surface area contributed by atoms with Crippen molar-refractivity contribution in [3.8, 4) is 0 Å². The number of nitrogens with zero attached hydrogens (tertiary/aromatic N) is 3. The first kappa shape index (κ1) is 22.1. The van der Waals surface area contributed by atoms with Crippen LogP contribution in [0.25, 0.3) is 11.0 Å². The fourth-order valence-corrected chi connectivity index (χ4v) is 4.68. The van der Waals surface area contributed by atoms with Crippen LogP contribution in [0.3, 0.4) is 0 Å². The van der Waals surface area contributed by atoms with Gasteiger partial charge in [-0.15, -0.1) is 0 Å². The van der Waals surface area contributed by atoms with Gasteiger partial charge in [0.2, 0.25) is 5.95 Å². The summed E-state index contributed by atoms with van der Waals surface area (Å²) in [7, 11) is 0. The van der Waals surface area contributed by atoms with Gasteiger partial charge in [-0.3, -0.25) is 14.1 Å². The average molecular weight is 477 g/mol. The molecule has 1 fully saturated rings. The molecule has 1 amide bonds. The molecule has 0 bridgehead atoms. The van der Waals surface area contributed by atoms with Crippen molar-refractivity contribution in [3.05, 3.63) is 72.6 Å². The first-order chi connectivity index (χ1) is 16.6. The molecule has 1 atom stereocenters. The van der Waals surface area contributed by atoms with E-state index in [1.165, 1.54) is 0 Å². The Morgan fingerprint density at radius 3 is 2.41 bits per heavy atom. The van der Waals surface area contributed by atoms with Crippen molar-refractivity contribution in [3.63, 3.8) is 0 Å². The van der Waals surface area contributed by atoms with Crippen molar-refractivity contribution in [2.45, 2.75) is 31.7 Å². The molecular formula is C24H24N6O3S. The van der Waals surface area contributed by atoms with Crippen molar-refractivity contribution in [2.24, 2.45) is 0 Å². The van der Waals surface area contributed by atoms with Crippen LogP contribution in [0.2, 0.25) is 0 Å². The molecule has 1 saturated carbocycles. The highest BCUT2D eigenvalue weighted by atomic mass is 32.2. The molecule has 10 heteroatoms. The van der Waals surface area contributed by atoms with Crippen molar-refractivity contribution >= 4 is 51.2 Å². The average Bonchev–Trinajstić information content (AvgIpc) is 3.48. The van der Waals surface area contributed by atoms with Gasteiger partial charge in [0.15, 0.2) is 0 Å². The normalized spacial score (nSPS) is 14.7. The molecule has 4 aromatic rings. The highest BCUT2D eigenvalue weighted by molar-refractivity contribution is 7.80. The van der Waals surface area contributed by atoms with Crippen LogP contribution < -0.4 is 15.4 Å². The zero-order chi connectivity index (χ0) is 23.5. The van der Waals surface area contributed by atoms with E-state index in [9.17, 15) is 9.00 Å². The molecule has 0 radical (unpaired) electrons. The van der Waals surface area contributed by atoms with E-state index in [1.807, 2.05) is 36.4 Å². The summed E-state index contributed by atoms with van der Waals surface area (Å²) in [6.07, 6.45) is 5.98. The van der Waals surface area contributed by atoms with Crippen LogP contribution in [0.15, 0.2) is 66.9 Å². The molecule has 2 aromatic heterocycles. The summed E-state index contributed by atoms with van der Waals surface area (Å²) in [4.78, 5) is 22.4. The van der Waals surface area contributed by atoms with E-state index in [2.05, 4.69) is 24.9 Å². The minimum absolute atomic E-state index is 0.171. The summed E-state index contributed by atoms with van der Waals surface area (Å²) < 4.78 is 24.3. The topological polar surface area (TPSA) is 121 Å². The summed E-state index contributed by atoms with van der Waals surface area (Å²) >= 11 is -2.13. The minimum Gasteiger partial charge on any atom is -0.324 e. The Morgan fingerprint density at radius 1 is 1.00 bits per heavy atom. The molecule has 2 heterocycles. The second-order valence-corrected chi connectivity index (χ2v) is 8.89. The van der Waals surface area contributed by atoms with E-state index >= 15 is 0 Å². The van der Waals surface area contributed by atoms with Crippen LogP contribution >= 0.6 is 0 Å². The maximum absolute atomic E-state index is 13.2. The van der Waals surface area contributed by atoms with Crippen LogP contribution in [0.5, 0.6) is 0 Å². The molecule has 0 aliphatic heterocycles. The van der Waals surface area contributed by atoms with Crippen molar-refractivity contribution in [2.75, 3.05) is 15.4 Å². The molecular weight excluding hydrogens is 452 g/mol. The first-order valence-corrected chi connectivity index (χ1v) is 12.2. The third kappa shape index (κ3) is 4.78. The first-order valence-electron chi connectivity index (χ1n) is 11.1. The quantitative estimate of drug-likeness (QED) is 0.276. The molecule has 0 saturated heterocycles.